The second-order valence-electron chi connectivity index (χ2n) is 6.75. The fourth-order valence-electron chi connectivity index (χ4n) is 2.53. The van der Waals surface area contributed by atoms with Gasteiger partial charge in [-0.2, -0.15) is 0 Å². The zero-order valence-corrected chi connectivity index (χ0v) is 19.0. The normalized spacial score (nSPS) is 12.6. The number of nitrogens with two attached hydrogens (primary N) is 1. The van der Waals surface area contributed by atoms with Gasteiger partial charge >= 0.3 is 0 Å². The molecule has 0 radical (unpaired) electrons. The lowest BCUT2D eigenvalue weighted by Gasteiger charge is -2.05. The second-order valence-corrected chi connectivity index (χ2v) is 9.10. The third kappa shape index (κ3) is 18.4. The minimum Gasteiger partial charge on any atom is -0.384 e. The highest BCUT2D eigenvalue weighted by molar-refractivity contribution is 8.15. The van der Waals surface area contributed by atoms with Gasteiger partial charge in [-0.25, -0.2) is 9.98 Å². The van der Waals surface area contributed by atoms with Crippen LogP contribution in [0.25, 0.3) is 0 Å². The van der Waals surface area contributed by atoms with E-state index in [2.05, 4.69) is 37.3 Å². The molecule has 0 rings (SSSR count). The lowest BCUT2D eigenvalue weighted by Crippen LogP contribution is -2.00. The Morgan fingerprint density at radius 2 is 1.19 bits per heavy atom. The molecule has 0 saturated carbocycles. The summed E-state index contributed by atoms with van der Waals surface area (Å²) < 4.78 is 0. The van der Waals surface area contributed by atoms with E-state index >= 15 is 0 Å². The predicted molar refractivity (Wildman–Crippen MR) is 126 cm³/mol. The molecule has 3 nitrogen and oxygen atoms in total. The van der Waals surface area contributed by atoms with E-state index in [1.165, 1.54) is 77.0 Å². The van der Waals surface area contributed by atoms with Crippen LogP contribution in [0.4, 0.5) is 0 Å². The molecule has 0 aromatic rings. The van der Waals surface area contributed by atoms with Crippen molar-refractivity contribution >= 4 is 33.7 Å². The Balaban J connectivity index is 4.05. The summed E-state index contributed by atoms with van der Waals surface area (Å²) in [4.78, 5) is 8.97. The Hall–Kier alpha value is -0.420. The van der Waals surface area contributed by atoms with Gasteiger partial charge in [0.25, 0.3) is 0 Å². The summed E-state index contributed by atoms with van der Waals surface area (Å²) in [5.41, 5.74) is 5.66. The van der Waals surface area contributed by atoms with Gasteiger partial charge in [0.15, 0.2) is 5.17 Å². The number of thioether (sulfide) groups is 2. The maximum Gasteiger partial charge on any atom is 0.190 e. The van der Waals surface area contributed by atoms with Gasteiger partial charge in [-0.1, -0.05) is 96.4 Å². The van der Waals surface area contributed by atoms with Crippen LogP contribution in [0.5, 0.6) is 0 Å². The molecule has 0 aliphatic heterocycles. The fourth-order valence-corrected chi connectivity index (χ4v) is 4.29. The lowest BCUT2D eigenvalue weighted by atomic mass is 10.1. The van der Waals surface area contributed by atoms with Gasteiger partial charge in [0, 0.05) is 5.75 Å². The summed E-state index contributed by atoms with van der Waals surface area (Å²) in [5.74, 6) is 2.53. The summed E-state index contributed by atoms with van der Waals surface area (Å²) in [6, 6.07) is 0. The molecule has 0 aromatic carbocycles. The Morgan fingerprint density at radius 1 is 0.731 bits per heavy atom. The number of rotatable bonds is 15. The smallest absolute Gasteiger partial charge is 0.190 e. The summed E-state index contributed by atoms with van der Waals surface area (Å²) in [5, 5.41) is 1.84. The van der Waals surface area contributed by atoms with Crippen LogP contribution < -0.4 is 5.73 Å². The topological polar surface area (TPSA) is 50.7 Å². The van der Waals surface area contributed by atoms with E-state index in [-0.39, 0.29) is 0 Å². The molecule has 0 amide bonds. The van der Waals surface area contributed by atoms with Gasteiger partial charge in [0.2, 0.25) is 0 Å². The van der Waals surface area contributed by atoms with Crippen LogP contribution >= 0.6 is 23.5 Å². The van der Waals surface area contributed by atoms with Crippen molar-refractivity contribution in [3.05, 3.63) is 12.4 Å². The van der Waals surface area contributed by atoms with Crippen LogP contribution in [0.1, 0.15) is 97.8 Å². The SMILES string of the molecule is C=C(N)/N=C(\N=C(/C)SCCCCCCCC)SCCCCCCCC. The van der Waals surface area contributed by atoms with Crippen molar-refractivity contribution in [2.24, 2.45) is 15.7 Å². The molecule has 2 N–H and O–H groups in total. The zero-order chi connectivity index (χ0) is 19.5. The molecule has 0 bridgehead atoms. The summed E-state index contributed by atoms with van der Waals surface area (Å²) in [6.45, 7) is 10.3. The Morgan fingerprint density at radius 3 is 1.69 bits per heavy atom. The first-order valence-corrected chi connectivity index (χ1v) is 12.4. The standard InChI is InChI=1S/C21H41N3S2/c1-5-7-9-11-13-15-17-25-20(4)24-21(23-19(3)22)26-18-16-14-12-10-8-6-2/h3,5-18,22H2,1-2,4H3/b23-21+,24-20+. The van der Waals surface area contributed by atoms with Gasteiger partial charge in [-0.15, -0.1) is 11.8 Å². The highest BCUT2D eigenvalue weighted by Gasteiger charge is 2.02. The van der Waals surface area contributed by atoms with E-state index in [0.717, 1.165) is 21.7 Å². The number of amidine groups is 1. The number of unbranched alkanes of at least 4 members (excludes halogenated alkanes) is 10. The Bertz CT molecular complexity index is 406. The van der Waals surface area contributed by atoms with E-state index in [4.69, 9.17) is 5.73 Å². The van der Waals surface area contributed by atoms with Crippen molar-refractivity contribution in [3.8, 4) is 0 Å². The summed E-state index contributed by atoms with van der Waals surface area (Å²) >= 11 is 3.54. The molecule has 152 valence electrons. The van der Waals surface area contributed by atoms with Crippen LogP contribution in [-0.2, 0) is 0 Å². The monoisotopic (exact) mass is 399 g/mol. The average Bonchev–Trinajstić information content (AvgIpc) is 2.59. The highest BCUT2D eigenvalue weighted by atomic mass is 32.2. The van der Waals surface area contributed by atoms with Gasteiger partial charge < -0.3 is 5.73 Å². The fraction of sp³-hybridized carbons (Fsp3) is 0.810. The molecule has 0 saturated heterocycles. The predicted octanol–water partition coefficient (Wildman–Crippen LogP) is 7.38. The van der Waals surface area contributed by atoms with Crippen LogP contribution in [0, 0.1) is 0 Å². The van der Waals surface area contributed by atoms with Crippen LogP contribution in [0.15, 0.2) is 22.4 Å². The molecule has 0 atom stereocenters. The molecule has 0 unspecified atom stereocenters. The zero-order valence-electron chi connectivity index (χ0n) is 17.4. The molecular formula is C21H41N3S2. The number of hydrogen-bond donors (Lipinski definition) is 1. The van der Waals surface area contributed by atoms with Crippen molar-refractivity contribution in [2.75, 3.05) is 11.5 Å². The number of aliphatic imine (C=N–C) groups is 2. The van der Waals surface area contributed by atoms with Crippen molar-refractivity contribution in [1.82, 2.24) is 0 Å². The van der Waals surface area contributed by atoms with E-state index in [1.54, 1.807) is 11.8 Å². The van der Waals surface area contributed by atoms with Crippen LogP contribution in [0.2, 0.25) is 0 Å². The molecule has 0 spiro atoms. The largest absolute Gasteiger partial charge is 0.384 e. The second kappa shape index (κ2) is 19.3. The van der Waals surface area contributed by atoms with Gasteiger partial charge in [0.05, 0.1) is 5.04 Å². The van der Waals surface area contributed by atoms with E-state index in [9.17, 15) is 0 Å². The summed E-state index contributed by atoms with van der Waals surface area (Å²) in [6.07, 6.45) is 15.9. The molecule has 0 aliphatic carbocycles. The first-order valence-electron chi connectivity index (χ1n) is 10.4. The molecule has 5 heteroatoms. The van der Waals surface area contributed by atoms with Crippen molar-refractivity contribution in [1.29, 1.82) is 0 Å². The van der Waals surface area contributed by atoms with Gasteiger partial charge in [0.1, 0.15) is 5.82 Å². The molecule has 0 aliphatic rings. The minimum absolute atomic E-state index is 0.341. The Kier molecular flexibility index (Phi) is 19.0. The maximum absolute atomic E-state index is 5.66. The van der Waals surface area contributed by atoms with Crippen molar-refractivity contribution in [3.63, 3.8) is 0 Å². The third-order valence-corrected chi connectivity index (χ3v) is 5.97. The molecule has 26 heavy (non-hydrogen) atoms. The van der Waals surface area contributed by atoms with E-state index < -0.39 is 0 Å². The first kappa shape index (κ1) is 25.6. The highest BCUT2D eigenvalue weighted by Crippen LogP contribution is 2.16. The first-order chi connectivity index (χ1) is 12.6. The number of nitrogens with zero attached hydrogens (tertiary/aromatic N) is 2. The van der Waals surface area contributed by atoms with Crippen LogP contribution in [0.3, 0.4) is 0 Å². The minimum atomic E-state index is 0.341. The lowest BCUT2D eigenvalue weighted by molar-refractivity contribution is 0.627. The quantitative estimate of drug-likeness (QED) is 0.177. The Labute approximate surface area is 171 Å². The van der Waals surface area contributed by atoms with Gasteiger partial charge in [-0.05, 0) is 25.5 Å². The number of hydrogen-bond acceptors (Lipinski definition) is 4. The third-order valence-electron chi connectivity index (χ3n) is 4.03. The molecule has 0 aromatic heterocycles. The van der Waals surface area contributed by atoms with Crippen molar-refractivity contribution in [2.45, 2.75) is 97.8 Å². The molecule has 0 heterocycles. The molecular weight excluding hydrogens is 358 g/mol. The van der Waals surface area contributed by atoms with E-state index in [0.29, 0.717) is 5.82 Å². The van der Waals surface area contributed by atoms with Crippen molar-refractivity contribution < 1.29 is 0 Å². The van der Waals surface area contributed by atoms with Gasteiger partial charge in [-0.3, -0.25) is 0 Å². The molecule has 0 fully saturated rings. The average molecular weight is 400 g/mol. The summed E-state index contributed by atoms with van der Waals surface area (Å²) in [7, 11) is 0. The maximum atomic E-state index is 5.66. The van der Waals surface area contributed by atoms with Crippen LogP contribution in [-0.4, -0.2) is 21.7 Å². The van der Waals surface area contributed by atoms with E-state index in [1.807, 2.05) is 11.8 Å².